The van der Waals surface area contributed by atoms with Crippen LogP contribution in [-0.2, 0) is 14.3 Å². The van der Waals surface area contributed by atoms with Crippen LogP contribution in [0, 0.1) is 5.92 Å². The Bertz CT molecular complexity index is 839. The van der Waals surface area contributed by atoms with Gasteiger partial charge in [0.1, 0.15) is 11.8 Å². The van der Waals surface area contributed by atoms with E-state index in [2.05, 4.69) is 15.4 Å². The molecule has 0 saturated carbocycles. The maximum Gasteiger partial charge on any atom is 0.387 e. The van der Waals surface area contributed by atoms with E-state index >= 15 is 0 Å². The summed E-state index contributed by atoms with van der Waals surface area (Å²) >= 11 is 0. The molecule has 2 amide bonds. The number of carbonyl (C=O) groups is 3. The number of hydrogen-bond acceptors (Lipinski definition) is 6. The minimum Gasteiger partial charge on any atom is -0.459 e. The lowest BCUT2D eigenvalue weighted by Gasteiger charge is -2.20. The molecule has 1 aromatic heterocycles. The number of rotatable bonds is 9. The maximum atomic E-state index is 12.4. The number of carbonyl (C=O) groups excluding carboxylic acids is 3. The lowest BCUT2D eigenvalue weighted by Crippen LogP contribution is -2.45. The van der Waals surface area contributed by atoms with Crippen LogP contribution in [0.5, 0.6) is 5.75 Å². The number of esters is 1. The van der Waals surface area contributed by atoms with Gasteiger partial charge in [-0.05, 0) is 30.2 Å². The number of benzene rings is 1. The van der Waals surface area contributed by atoms with Gasteiger partial charge in [-0.1, -0.05) is 26.0 Å². The van der Waals surface area contributed by atoms with Crippen molar-refractivity contribution >= 4 is 23.5 Å². The summed E-state index contributed by atoms with van der Waals surface area (Å²) in [5, 5.41) is 4.81. The van der Waals surface area contributed by atoms with Gasteiger partial charge < -0.3 is 24.5 Å². The van der Waals surface area contributed by atoms with Crippen LogP contribution in [0.15, 0.2) is 47.1 Å². The summed E-state index contributed by atoms with van der Waals surface area (Å²) in [7, 11) is 0. The van der Waals surface area contributed by atoms with Crippen molar-refractivity contribution < 1.29 is 37.1 Å². The highest BCUT2D eigenvalue weighted by molar-refractivity contribution is 5.96. The molecular weight excluding hydrogens is 390 g/mol. The van der Waals surface area contributed by atoms with Crippen molar-refractivity contribution in [1.82, 2.24) is 5.32 Å². The molecule has 0 aliphatic rings. The van der Waals surface area contributed by atoms with Crippen molar-refractivity contribution in [2.45, 2.75) is 26.5 Å². The SMILES string of the molecule is CC(C)[C@@H](NC(=O)c1ccco1)C(=O)OCC(=O)Nc1ccccc1OC(F)F. The van der Waals surface area contributed by atoms with Gasteiger partial charge in [-0.2, -0.15) is 8.78 Å². The smallest absolute Gasteiger partial charge is 0.387 e. The molecule has 0 bridgehead atoms. The van der Waals surface area contributed by atoms with Crippen molar-refractivity contribution in [3.05, 3.63) is 48.4 Å². The van der Waals surface area contributed by atoms with E-state index in [-0.39, 0.29) is 23.1 Å². The molecule has 8 nitrogen and oxygen atoms in total. The van der Waals surface area contributed by atoms with Crippen LogP contribution >= 0.6 is 0 Å². The van der Waals surface area contributed by atoms with Gasteiger partial charge in [-0.25, -0.2) is 4.79 Å². The first-order chi connectivity index (χ1) is 13.8. The summed E-state index contributed by atoms with van der Waals surface area (Å²) in [5.41, 5.74) is 0.000352. The van der Waals surface area contributed by atoms with Crippen LogP contribution in [-0.4, -0.2) is 37.0 Å². The second-order valence-corrected chi connectivity index (χ2v) is 6.20. The molecular formula is C19H20F2N2O6. The summed E-state index contributed by atoms with van der Waals surface area (Å²) in [6.45, 7) is -0.365. The molecule has 1 aromatic carbocycles. The highest BCUT2D eigenvalue weighted by Gasteiger charge is 2.27. The third kappa shape index (κ3) is 6.59. The highest BCUT2D eigenvalue weighted by atomic mass is 19.3. The zero-order valence-corrected chi connectivity index (χ0v) is 15.7. The standard InChI is InChI=1S/C19H20F2N2O6/c1-11(2)16(23-17(25)14-8-5-9-27-14)18(26)28-10-15(24)22-12-6-3-4-7-13(12)29-19(20)21/h3-9,11,16,19H,10H2,1-2H3,(H,22,24)(H,23,25)/t16-/m1/s1. The third-order valence-corrected chi connectivity index (χ3v) is 3.67. The molecule has 0 saturated heterocycles. The Balaban J connectivity index is 1.92. The van der Waals surface area contributed by atoms with E-state index in [1.165, 1.54) is 42.7 Å². The van der Waals surface area contributed by atoms with E-state index < -0.39 is 37.0 Å². The molecule has 2 N–H and O–H groups in total. The van der Waals surface area contributed by atoms with Crippen LogP contribution in [0.25, 0.3) is 0 Å². The summed E-state index contributed by atoms with van der Waals surface area (Å²) in [6.07, 6.45) is 1.32. The van der Waals surface area contributed by atoms with Gasteiger partial charge in [0.25, 0.3) is 11.8 Å². The van der Waals surface area contributed by atoms with Gasteiger partial charge in [0.2, 0.25) is 0 Å². The number of halogens is 2. The zero-order chi connectivity index (χ0) is 21.4. The molecule has 0 radical (unpaired) electrons. The Morgan fingerprint density at radius 2 is 1.83 bits per heavy atom. The Morgan fingerprint density at radius 1 is 1.10 bits per heavy atom. The molecule has 1 heterocycles. The number of anilines is 1. The lowest BCUT2D eigenvalue weighted by atomic mass is 10.0. The van der Waals surface area contributed by atoms with E-state index in [9.17, 15) is 23.2 Å². The quantitative estimate of drug-likeness (QED) is 0.616. The van der Waals surface area contributed by atoms with Crippen molar-refractivity contribution in [2.24, 2.45) is 5.92 Å². The normalized spacial score (nSPS) is 11.8. The fourth-order valence-corrected chi connectivity index (χ4v) is 2.30. The number of hydrogen-bond donors (Lipinski definition) is 2. The fraction of sp³-hybridized carbons (Fsp3) is 0.316. The number of amides is 2. The Hall–Kier alpha value is -3.43. The van der Waals surface area contributed by atoms with E-state index in [1.54, 1.807) is 13.8 Å². The van der Waals surface area contributed by atoms with Gasteiger partial charge >= 0.3 is 12.6 Å². The molecule has 0 unspecified atom stereocenters. The second-order valence-electron chi connectivity index (χ2n) is 6.20. The van der Waals surface area contributed by atoms with Crippen molar-refractivity contribution in [2.75, 3.05) is 11.9 Å². The van der Waals surface area contributed by atoms with Gasteiger partial charge in [-0.3, -0.25) is 9.59 Å². The molecule has 0 fully saturated rings. The van der Waals surface area contributed by atoms with Gasteiger partial charge in [-0.15, -0.1) is 0 Å². The molecule has 29 heavy (non-hydrogen) atoms. The average molecular weight is 410 g/mol. The summed E-state index contributed by atoms with van der Waals surface area (Å²) in [4.78, 5) is 36.4. The molecule has 1 atom stereocenters. The minimum absolute atomic E-state index is 0.000352. The average Bonchev–Trinajstić information content (AvgIpc) is 3.20. The molecule has 0 aliphatic carbocycles. The van der Waals surface area contributed by atoms with Gasteiger partial charge in [0.05, 0.1) is 12.0 Å². The molecule has 2 aromatic rings. The Labute approximate surface area is 165 Å². The lowest BCUT2D eigenvalue weighted by molar-refractivity contribution is -0.150. The van der Waals surface area contributed by atoms with E-state index in [0.717, 1.165) is 0 Å². The monoisotopic (exact) mass is 410 g/mol. The van der Waals surface area contributed by atoms with Crippen LogP contribution in [0.2, 0.25) is 0 Å². The number of para-hydroxylation sites is 2. The number of furan rings is 1. The first-order valence-corrected chi connectivity index (χ1v) is 8.62. The molecule has 0 aliphatic heterocycles. The highest BCUT2D eigenvalue weighted by Crippen LogP contribution is 2.25. The number of ether oxygens (including phenoxy) is 2. The molecule has 10 heteroatoms. The predicted octanol–water partition coefficient (Wildman–Crippen LogP) is 2.82. The molecule has 2 rings (SSSR count). The number of alkyl halides is 2. The second kappa shape index (κ2) is 10.2. The van der Waals surface area contributed by atoms with Crippen LogP contribution in [0.1, 0.15) is 24.4 Å². The van der Waals surface area contributed by atoms with E-state index in [4.69, 9.17) is 9.15 Å². The summed E-state index contributed by atoms with van der Waals surface area (Å²) < 4.78 is 39.1. The molecule has 156 valence electrons. The van der Waals surface area contributed by atoms with E-state index in [0.29, 0.717) is 0 Å². The minimum atomic E-state index is -3.06. The maximum absolute atomic E-state index is 12.4. The Kier molecular flexibility index (Phi) is 7.70. The first-order valence-electron chi connectivity index (χ1n) is 8.62. The summed E-state index contributed by atoms with van der Waals surface area (Å²) in [5.74, 6) is -2.72. The topological polar surface area (TPSA) is 107 Å². The van der Waals surface area contributed by atoms with Crippen LogP contribution in [0.4, 0.5) is 14.5 Å². The van der Waals surface area contributed by atoms with Crippen LogP contribution < -0.4 is 15.4 Å². The first kappa shape index (κ1) is 21.9. The number of nitrogens with one attached hydrogen (secondary N) is 2. The van der Waals surface area contributed by atoms with Crippen LogP contribution in [0.3, 0.4) is 0 Å². The van der Waals surface area contributed by atoms with Gasteiger partial charge in [0, 0.05) is 0 Å². The van der Waals surface area contributed by atoms with Crippen molar-refractivity contribution in [3.63, 3.8) is 0 Å². The fourth-order valence-electron chi connectivity index (χ4n) is 2.30. The zero-order valence-electron chi connectivity index (χ0n) is 15.7. The van der Waals surface area contributed by atoms with Crippen molar-refractivity contribution in [3.8, 4) is 5.75 Å². The van der Waals surface area contributed by atoms with Crippen molar-refractivity contribution in [1.29, 1.82) is 0 Å². The van der Waals surface area contributed by atoms with E-state index in [1.807, 2.05) is 0 Å². The third-order valence-electron chi connectivity index (χ3n) is 3.67. The largest absolute Gasteiger partial charge is 0.459 e. The molecule has 0 spiro atoms. The van der Waals surface area contributed by atoms with Gasteiger partial charge in [0.15, 0.2) is 12.4 Å². The predicted molar refractivity (Wildman–Crippen MR) is 97.5 cm³/mol. The summed E-state index contributed by atoms with van der Waals surface area (Å²) in [6, 6.07) is 7.53. The Morgan fingerprint density at radius 3 is 2.45 bits per heavy atom.